The normalized spacial score (nSPS) is 11.9. The largest absolute Gasteiger partial charge is 0.506 e. The first-order valence-electron chi connectivity index (χ1n) is 6.93. The number of sulfone groups is 1. The molecule has 2 rings (SSSR count). The fourth-order valence-corrected chi connectivity index (χ4v) is 4.14. The van der Waals surface area contributed by atoms with E-state index in [1.165, 1.54) is 38.3 Å². The number of hydrogen-bond donors (Lipinski definition) is 2. The lowest BCUT2D eigenvalue weighted by molar-refractivity contribution is 0.403. The minimum absolute atomic E-state index is 0.0828. The molecule has 0 amide bonds. The molecule has 0 saturated carbocycles. The summed E-state index contributed by atoms with van der Waals surface area (Å²) in [6.45, 7) is 1.47. The fourth-order valence-electron chi connectivity index (χ4n) is 2.00. The molecular weight excluding hydrogens is 354 g/mol. The van der Waals surface area contributed by atoms with E-state index in [2.05, 4.69) is 4.72 Å². The standard InChI is InChI=1S/C15H17NO6S2/c1-3-23(18,19)11-8-9-13(17)12(10-11)16-24(20,21)15-7-5-4-6-14(15)22-2/h4-10,16-17H,3H2,1-2H3. The molecule has 2 aromatic carbocycles. The van der Waals surface area contributed by atoms with Crippen molar-refractivity contribution in [1.29, 1.82) is 0 Å². The average molecular weight is 371 g/mol. The molecule has 0 fully saturated rings. The smallest absolute Gasteiger partial charge is 0.265 e. The van der Waals surface area contributed by atoms with Crippen molar-refractivity contribution >= 4 is 25.5 Å². The first-order chi connectivity index (χ1) is 11.2. The summed E-state index contributed by atoms with van der Waals surface area (Å²) in [6.07, 6.45) is 0. The van der Waals surface area contributed by atoms with Crippen LogP contribution in [0.3, 0.4) is 0 Å². The second-order valence-electron chi connectivity index (χ2n) is 4.84. The first-order valence-corrected chi connectivity index (χ1v) is 10.1. The van der Waals surface area contributed by atoms with Crippen LogP contribution in [-0.4, -0.2) is 34.8 Å². The molecule has 0 aromatic heterocycles. The van der Waals surface area contributed by atoms with E-state index in [0.717, 1.165) is 12.1 Å². The third kappa shape index (κ3) is 3.62. The Morgan fingerprint density at radius 1 is 1.08 bits per heavy atom. The van der Waals surface area contributed by atoms with E-state index in [0.29, 0.717) is 0 Å². The van der Waals surface area contributed by atoms with Gasteiger partial charge in [-0.25, -0.2) is 16.8 Å². The number of sulfonamides is 1. The number of anilines is 1. The first kappa shape index (κ1) is 18.1. The summed E-state index contributed by atoms with van der Waals surface area (Å²) in [4.78, 5) is -0.212. The Morgan fingerprint density at radius 2 is 1.75 bits per heavy atom. The molecule has 24 heavy (non-hydrogen) atoms. The molecule has 0 atom stereocenters. The zero-order chi connectivity index (χ0) is 18.0. The lowest BCUT2D eigenvalue weighted by atomic mass is 10.3. The number of methoxy groups -OCH3 is 1. The maximum atomic E-state index is 12.5. The number of para-hydroxylation sites is 1. The maximum Gasteiger partial charge on any atom is 0.265 e. The molecule has 0 bridgehead atoms. The number of benzene rings is 2. The van der Waals surface area contributed by atoms with Crippen molar-refractivity contribution in [2.24, 2.45) is 0 Å². The highest BCUT2D eigenvalue weighted by Crippen LogP contribution is 2.31. The molecule has 7 nitrogen and oxygen atoms in total. The molecule has 2 N–H and O–H groups in total. The average Bonchev–Trinajstić information content (AvgIpc) is 2.56. The quantitative estimate of drug-likeness (QED) is 0.752. The molecule has 0 aliphatic carbocycles. The highest BCUT2D eigenvalue weighted by atomic mass is 32.2. The third-order valence-corrected chi connectivity index (χ3v) is 6.45. The van der Waals surface area contributed by atoms with Crippen LogP contribution in [-0.2, 0) is 19.9 Å². The number of hydrogen-bond acceptors (Lipinski definition) is 6. The zero-order valence-electron chi connectivity index (χ0n) is 13.1. The number of nitrogens with one attached hydrogen (secondary N) is 1. The molecule has 2 aromatic rings. The van der Waals surface area contributed by atoms with Gasteiger partial charge in [-0.3, -0.25) is 4.72 Å². The van der Waals surface area contributed by atoms with E-state index in [4.69, 9.17) is 4.74 Å². The lowest BCUT2D eigenvalue weighted by Gasteiger charge is -2.13. The van der Waals surface area contributed by atoms with Crippen LogP contribution in [0.25, 0.3) is 0 Å². The predicted molar refractivity (Wildman–Crippen MR) is 89.6 cm³/mol. The van der Waals surface area contributed by atoms with E-state index < -0.39 is 19.9 Å². The predicted octanol–water partition coefficient (Wildman–Crippen LogP) is 2.00. The second kappa shape index (κ2) is 6.70. The number of rotatable bonds is 6. The number of phenolic OH excluding ortho intramolecular Hbond substituents is 1. The minimum Gasteiger partial charge on any atom is -0.506 e. The summed E-state index contributed by atoms with van der Waals surface area (Å²) in [5, 5.41) is 9.86. The van der Waals surface area contributed by atoms with Crippen molar-refractivity contribution < 1.29 is 26.7 Å². The summed E-state index contributed by atoms with van der Waals surface area (Å²) in [7, 11) is -6.28. The molecule has 0 aliphatic heterocycles. The maximum absolute atomic E-state index is 12.5. The Morgan fingerprint density at radius 3 is 2.38 bits per heavy atom. The summed E-state index contributed by atoms with van der Waals surface area (Å²) in [5.74, 6) is -0.401. The van der Waals surface area contributed by atoms with Gasteiger partial charge in [0.25, 0.3) is 10.0 Å². The van der Waals surface area contributed by atoms with Crippen LogP contribution in [0.15, 0.2) is 52.3 Å². The third-order valence-electron chi connectivity index (χ3n) is 3.31. The number of aromatic hydroxyl groups is 1. The van der Waals surface area contributed by atoms with Crippen LogP contribution >= 0.6 is 0 Å². The second-order valence-corrected chi connectivity index (χ2v) is 8.77. The van der Waals surface area contributed by atoms with Crippen LogP contribution in [0, 0.1) is 0 Å². The van der Waals surface area contributed by atoms with Crippen molar-refractivity contribution in [1.82, 2.24) is 0 Å². The van der Waals surface area contributed by atoms with E-state index in [9.17, 15) is 21.9 Å². The van der Waals surface area contributed by atoms with E-state index in [-0.39, 0.29) is 32.7 Å². The Bertz CT molecular complexity index is 952. The van der Waals surface area contributed by atoms with Crippen LogP contribution in [0.2, 0.25) is 0 Å². The molecule has 0 spiro atoms. The van der Waals surface area contributed by atoms with E-state index >= 15 is 0 Å². The molecule has 130 valence electrons. The van der Waals surface area contributed by atoms with Gasteiger partial charge in [-0.05, 0) is 30.3 Å². The minimum atomic E-state index is -4.08. The molecule has 0 saturated heterocycles. The van der Waals surface area contributed by atoms with Crippen molar-refractivity contribution in [3.05, 3.63) is 42.5 Å². The van der Waals surface area contributed by atoms with Crippen LogP contribution < -0.4 is 9.46 Å². The van der Waals surface area contributed by atoms with Crippen molar-refractivity contribution in [2.75, 3.05) is 17.6 Å². The van der Waals surface area contributed by atoms with Gasteiger partial charge < -0.3 is 9.84 Å². The Labute approximate surface area is 140 Å². The highest BCUT2D eigenvalue weighted by Gasteiger charge is 2.22. The SMILES string of the molecule is CCS(=O)(=O)c1ccc(O)c(NS(=O)(=O)c2ccccc2OC)c1. The fraction of sp³-hybridized carbons (Fsp3) is 0.200. The van der Waals surface area contributed by atoms with Gasteiger partial charge in [0.15, 0.2) is 9.84 Å². The van der Waals surface area contributed by atoms with Crippen LogP contribution in [0.4, 0.5) is 5.69 Å². The zero-order valence-corrected chi connectivity index (χ0v) is 14.7. The molecular formula is C15H17NO6S2. The molecule has 0 aliphatic rings. The Balaban J connectivity index is 2.49. The molecule has 0 heterocycles. The summed E-state index contributed by atoms with van der Waals surface area (Å²) in [6, 6.07) is 9.38. The van der Waals surface area contributed by atoms with Crippen molar-refractivity contribution in [2.45, 2.75) is 16.7 Å². The topological polar surface area (TPSA) is 110 Å². The van der Waals surface area contributed by atoms with Crippen molar-refractivity contribution in [3.8, 4) is 11.5 Å². The van der Waals surface area contributed by atoms with Crippen molar-refractivity contribution in [3.63, 3.8) is 0 Å². The summed E-state index contributed by atoms with van der Waals surface area (Å²) >= 11 is 0. The van der Waals surface area contributed by atoms with Crippen LogP contribution in [0.1, 0.15) is 6.92 Å². The Hall–Kier alpha value is -2.26. The van der Waals surface area contributed by atoms with Gasteiger partial charge in [0.05, 0.1) is 23.4 Å². The molecule has 0 unspecified atom stereocenters. The highest BCUT2D eigenvalue weighted by molar-refractivity contribution is 7.93. The lowest BCUT2D eigenvalue weighted by Crippen LogP contribution is -2.14. The van der Waals surface area contributed by atoms with Crippen LogP contribution in [0.5, 0.6) is 11.5 Å². The molecule has 0 radical (unpaired) electrons. The van der Waals surface area contributed by atoms with Gasteiger partial charge in [-0.2, -0.15) is 0 Å². The van der Waals surface area contributed by atoms with Gasteiger partial charge in [0, 0.05) is 0 Å². The number of phenols is 1. The summed E-state index contributed by atoms with van der Waals surface area (Å²) < 4.78 is 56.1. The Kier molecular flexibility index (Phi) is 5.05. The van der Waals surface area contributed by atoms with E-state index in [1.807, 2.05) is 0 Å². The van der Waals surface area contributed by atoms with Gasteiger partial charge in [0.1, 0.15) is 16.4 Å². The van der Waals surface area contributed by atoms with E-state index in [1.54, 1.807) is 6.07 Å². The number of ether oxygens (including phenoxy) is 1. The summed E-state index contributed by atoms with van der Waals surface area (Å²) in [5.41, 5.74) is -0.226. The van der Waals surface area contributed by atoms with Gasteiger partial charge in [-0.1, -0.05) is 19.1 Å². The van der Waals surface area contributed by atoms with Gasteiger partial charge in [-0.15, -0.1) is 0 Å². The monoisotopic (exact) mass is 371 g/mol. The van der Waals surface area contributed by atoms with Gasteiger partial charge in [0.2, 0.25) is 0 Å². The van der Waals surface area contributed by atoms with Gasteiger partial charge >= 0.3 is 0 Å². The molecule has 9 heteroatoms.